The smallest absolute Gasteiger partial charge is 0.166 e. The van der Waals surface area contributed by atoms with Gasteiger partial charge in [0.05, 0.1) is 14.2 Å². The molecule has 1 aliphatic rings. The maximum atomic E-state index is 6.52. The molecule has 1 aromatic rings. The molecular formula is C13H18BrNO2. The van der Waals surface area contributed by atoms with E-state index in [1.807, 2.05) is 12.1 Å². The summed E-state index contributed by atoms with van der Waals surface area (Å²) in [5, 5.41) is 0. The average Bonchev–Trinajstić information content (AvgIpc) is 2.76. The van der Waals surface area contributed by atoms with Gasteiger partial charge in [-0.2, -0.15) is 0 Å². The second-order valence-electron chi connectivity index (χ2n) is 4.52. The van der Waals surface area contributed by atoms with Gasteiger partial charge in [0.2, 0.25) is 0 Å². The number of halogens is 1. The third-order valence-electron chi connectivity index (χ3n) is 3.49. The highest BCUT2D eigenvalue weighted by atomic mass is 79.9. The van der Waals surface area contributed by atoms with Crippen molar-refractivity contribution in [3.8, 4) is 11.5 Å². The largest absolute Gasteiger partial charge is 0.493 e. The lowest BCUT2D eigenvalue weighted by atomic mass is 9.88. The van der Waals surface area contributed by atoms with E-state index in [4.69, 9.17) is 15.2 Å². The monoisotopic (exact) mass is 299 g/mol. The Bertz CT molecular complexity index is 414. The van der Waals surface area contributed by atoms with Crippen LogP contribution in [0.4, 0.5) is 0 Å². The SMILES string of the molecule is COc1ccc(Br)c(C2(N)CCCC2)c1OC. The fourth-order valence-corrected chi connectivity index (χ4v) is 3.33. The van der Waals surface area contributed by atoms with Crippen molar-refractivity contribution >= 4 is 15.9 Å². The van der Waals surface area contributed by atoms with Crippen molar-refractivity contribution < 1.29 is 9.47 Å². The Hall–Kier alpha value is -0.740. The molecule has 17 heavy (non-hydrogen) atoms. The summed E-state index contributed by atoms with van der Waals surface area (Å²) >= 11 is 3.58. The highest BCUT2D eigenvalue weighted by Gasteiger charge is 2.36. The second kappa shape index (κ2) is 4.86. The molecule has 0 spiro atoms. The molecule has 1 aromatic carbocycles. The van der Waals surface area contributed by atoms with Crippen LogP contribution in [0.2, 0.25) is 0 Å². The zero-order valence-electron chi connectivity index (χ0n) is 10.3. The van der Waals surface area contributed by atoms with Gasteiger partial charge in [0.25, 0.3) is 0 Å². The van der Waals surface area contributed by atoms with E-state index in [1.54, 1.807) is 14.2 Å². The number of methoxy groups -OCH3 is 2. The Kier molecular flexibility index (Phi) is 3.64. The van der Waals surface area contributed by atoms with Crippen LogP contribution < -0.4 is 15.2 Å². The highest BCUT2D eigenvalue weighted by molar-refractivity contribution is 9.10. The lowest BCUT2D eigenvalue weighted by molar-refractivity contribution is 0.336. The van der Waals surface area contributed by atoms with Gasteiger partial charge in [0, 0.05) is 15.6 Å². The first kappa shape index (κ1) is 12.7. The Morgan fingerprint density at radius 2 is 1.82 bits per heavy atom. The zero-order chi connectivity index (χ0) is 12.5. The van der Waals surface area contributed by atoms with Crippen LogP contribution in [0.3, 0.4) is 0 Å². The molecule has 2 rings (SSSR count). The predicted octanol–water partition coefficient (Wildman–Crippen LogP) is 3.19. The summed E-state index contributed by atoms with van der Waals surface area (Å²) in [4.78, 5) is 0. The molecule has 1 aliphatic carbocycles. The van der Waals surface area contributed by atoms with Crippen molar-refractivity contribution in [2.24, 2.45) is 5.73 Å². The first-order chi connectivity index (χ1) is 8.12. The van der Waals surface area contributed by atoms with Gasteiger partial charge in [0.1, 0.15) is 0 Å². The summed E-state index contributed by atoms with van der Waals surface area (Å²) in [5.41, 5.74) is 7.26. The number of benzene rings is 1. The number of hydrogen-bond acceptors (Lipinski definition) is 3. The van der Waals surface area contributed by atoms with Crippen LogP contribution in [0.1, 0.15) is 31.2 Å². The molecule has 0 radical (unpaired) electrons. The maximum absolute atomic E-state index is 6.52. The average molecular weight is 300 g/mol. The molecular weight excluding hydrogens is 282 g/mol. The third-order valence-corrected chi connectivity index (χ3v) is 4.15. The van der Waals surface area contributed by atoms with Crippen LogP contribution in [-0.2, 0) is 5.54 Å². The van der Waals surface area contributed by atoms with Crippen LogP contribution in [-0.4, -0.2) is 14.2 Å². The van der Waals surface area contributed by atoms with Gasteiger partial charge in [-0.3, -0.25) is 0 Å². The van der Waals surface area contributed by atoms with Gasteiger partial charge in [0.15, 0.2) is 11.5 Å². The second-order valence-corrected chi connectivity index (χ2v) is 5.38. The standard InChI is InChI=1S/C13H18BrNO2/c1-16-10-6-5-9(14)11(12(10)17-2)13(15)7-3-4-8-13/h5-6H,3-4,7-8,15H2,1-2H3. The first-order valence-electron chi connectivity index (χ1n) is 5.82. The number of hydrogen-bond donors (Lipinski definition) is 1. The van der Waals surface area contributed by atoms with Crippen molar-refractivity contribution in [3.63, 3.8) is 0 Å². The summed E-state index contributed by atoms with van der Waals surface area (Å²) in [6.45, 7) is 0. The molecule has 94 valence electrons. The van der Waals surface area contributed by atoms with Gasteiger partial charge >= 0.3 is 0 Å². The summed E-state index contributed by atoms with van der Waals surface area (Å²) < 4.78 is 11.8. The lowest BCUT2D eigenvalue weighted by Gasteiger charge is -2.28. The normalized spacial score (nSPS) is 18.1. The molecule has 1 fully saturated rings. The van der Waals surface area contributed by atoms with Gasteiger partial charge in [-0.15, -0.1) is 0 Å². The topological polar surface area (TPSA) is 44.5 Å². The Morgan fingerprint density at radius 3 is 2.35 bits per heavy atom. The third kappa shape index (κ3) is 2.16. The fourth-order valence-electron chi connectivity index (χ4n) is 2.62. The Morgan fingerprint density at radius 1 is 1.18 bits per heavy atom. The highest BCUT2D eigenvalue weighted by Crippen LogP contribution is 2.47. The number of rotatable bonds is 3. The first-order valence-corrected chi connectivity index (χ1v) is 6.61. The molecule has 0 atom stereocenters. The van der Waals surface area contributed by atoms with Crippen molar-refractivity contribution in [3.05, 3.63) is 22.2 Å². The zero-order valence-corrected chi connectivity index (χ0v) is 11.8. The number of ether oxygens (including phenoxy) is 2. The predicted molar refractivity (Wildman–Crippen MR) is 71.6 cm³/mol. The van der Waals surface area contributed by atoms with Crippen molar-refractivity contribution in [1.29, 1.82) is 0 Å². The van der Waals surface area contributed by atoms with E-state index >= 15 is 0 Å². The van der Waals surface area contributed by atoms with E-state index in [1.165, 1.54) is 12.8 Å². The maximum Gasteiger partial charge on any atom is 0.166 e. The minimum Gasteiger partial charge on any atom is -0.493 e. The minimum absolute atomic E-state index is 0.293. The van der Waals surface area contributed by atoms with Gasteiger partial charge in [-0.25, -0.2) is 0 Å². The van der Waals surface area contributed by atoms with Crippen LogP contribution >= 0.6 is 15.9 Å². The summed E-state index contributed by atoms with van der Waals surface area (Å²) in [5.74, 6) is 1.49. The van der Waals surface area contributed by atoms with E-state index in [-0.39, 0.29) is 5.54 Å². The van der Waals surface area contributed by atoms with Crippen molar-refractivity contribution in [2.45, 2.75) is 31.2 Å². The van der Waals surface area contributed by atoms with Crippen LogP contribution in [0.15, 0.2) is 16.6 Å². The Labute approximate surface area is 110 Å². The number of nitrogens with two attached hydrogens (primary N) is 1. The van der Waals surface area contributed by atoms with Crippen LogP contribution in [0, 0.1) is 0 Å². The molecule has 0 aliphatic heterocycles. The quantitative estimate of drug-likeness (QED) is 0.932. The van der Waals surface area contributed by atoms with Crippen molar-refractivity contribution in [2.75, 3.05) is 14.2 Å². The summed E-state index contributed by atoms with van der Waals surface area (Å²) in [7, 11) is 3.31. The molecule has 1 saturated carbocycles. The van der Waals surface area contributed by atoms with Gasteiger partial charge in [-0.1, -0.05) is 28.8 Å². The van der Waals surface area contributed by atoms with E-state index in [0.29, 0.717) is 0 Å². The molecule has 2 N–H and O–H groups in total. The molecule has 4 heteroatoms. The molecule has 0 aromatic heterocycles. The lowest BCUT2D eigenvalue weighted by Crippen LogP contribution is -2.34. The molecule has 0 amide bonds. The minimum atomic E-state index is -0.293. The summed E-state index contributed by atoms with van der Waals surface area (Å²) in [6, 6.07) is 3.87. The molecule has 0 bridgehead atoms. The fraction of sp³-hybridized carbons (Fsp3) is 0.538. The van der Waals surface area contributed by atoms with Crippen LogP contribution in [0.25, 0.3) is 0 Å². The molecule has 0 heterocycles. The van der Waals surface area contributed by atoms with E-state index in [9.17, 15) is 0 Å². The summed E-state index contributed by atoms with van der Waals surface area (Å²) in [6.07, 6.45) is 4.33. The molecule has 0 saturated heterocycles. The van der Waals surface area contributed by atoms with E-state index in [2.05, 4.69) is 15.9 Å². The van der Waals surface area contributed by atoms with Crippen LogP contribution in [0.5, 0.6) is 11.5 Å². The van der Waals surface area contributed by atoms with Crippen molar-refractivity contribution in [1.82, 2.24) is 0 Å². The molecule has 0 unspecified atom stereocenters. The van der Waals surface area contributed by atoms with E-state index < -0.39 is 0 Å². The van der Waals surface area contributed by atoms with Gasteiger partial charge < -0.3 is 15.2 Å². The van der Waals surface area contributed by atoms with E-state index in [0.717, 1.165) is 34.4 Å². The van der Waals surface area contributed by atoms with Gasteiger partial charge in [-0.05, 0) is 25.0 Å². The molecule has 3 nitrogen and oxygen atoms in total. The Balaban J connectivity index is 2.57.